The van der Waals surface area contributed by atoms with E-state index in [0.29, 0.717) is 23.7 Å². The number of hydrogen-bond donors (Lipinski definition) is 2. The fourth-order valence-corrected chi connectivity index (χ4v) is 7.39. The molecule has 1 saturated carbocycles. The number of para-hydroxylation sites is 2. The Hall–Kier alpha value is -2.70. The average Bonchev–Trinajstić information content (AvgIpc) is 3.55. The summed E-state index contributed by atoms with van der Waals surface area (Å²) in [5, 5.41) is 10.3. The Labute approximate surface area is 220 Å². The molecule has 196 valence electrons. The second-order valence-corrected chi connectivity index (χ2v) is 11.6. The van der Waals surface area contributed by atoms with Crippen LogP contribution >= 0.6 is 0 Å². The van der Waals surface area contributed by atoms with Crippen LogP contribution in [0.4, 0.5) is 0 Å². The number of piperidine rings is 1. The Balaban J connectivity index is 1.14. The van der Waals surface area contributed by atoms with Gasteiger partial charge in [0.25, 0.3) is 0 Å². The van der Waals surface area contributed by atoms with Crippen molar-refractivity contribution in [2.45, 2.75) is 62.8 Å². The zero-order valence-corrected chi connectivity index (χ0v) is 21.8. The zero-order chi connectivity index (χ0) is 25.2. The molecule has 3 atom stereocenters. The molecule has 0 unspecified atom stereocenters. The first-order valence-corrected chi connectivity index (χ1v) is 14.3. The number of imidazole rings is 1. The van der Waals surface area contributed by atoms with E-state index in [4.69, 9.17) is 4.98 Å². The van der Waals surface area contributed by atoms with Crippen LogP contribution in [0.15, 0.2) is 54.6 Å². The minimum atomic E-state index is -0.619. The Morgan fingerprint density at radius 3 is 2.41 bits per heavy atom. The first kappa shape index (κ1) is 24.6. The lowest BCUT2D eigenvalue weighted by atomic mass is 9.83. The summed E-state index contributed by atoms with van der Waals surface area (Å²) in [6.07, 6.45) is 7.95. The standard InChI is InChI=1S/C31H40N4O2/c36-31(37)29(23-11-5-2-6-12-23)35-20-25(26(21-35)22-9-3-1-4-10-22)19-34-17-15-24(16-18-34)30-32-27-13-7-8-14-28(27)33-30/h1,3-4,7-10,13-14,23-26,29H,2,5-6,11-12,15-21H2,(H,32,33)(H,36,37)/t25-,26+,29+/m0/s1. The van der Waals surface area contributed by atoms with E-state index in [0.717, 1.165) is 75.3 Å². The van der Waals surface area contributed by atoms with Crippen LogP contribution in [0.3, 0.4) is 0 Å². The van der Waals surface area contributed by atoms with Crippen molar-refractivity contribution in [2.24, 2.45) is 11.8 Å². The van der Waals surface area contributed by atoms with Crippen molar-refractivity contribution >= 4 is 17.0 Å². The normalized spacial score (nSPS) is 25.5. The maximum absolute atomic E-state index is 12.5. The van der Waals surface area contributed by atoms with Crippen LogP contribution in [0.5, 0.6) is 0 Å². The highest BCUT2D eigenvalue weighted by atomic mass is 16.4. The molecule has 2 aliphatic heterocycles. The number of aromatic amines is 1. The number of H-pyrrole nitrogens is 1. The summed E-state index contributed by atoms with van der Waals surface area (Å²) in [4.78, 5) is 25.9. The van der Waals surface area contributed by atoms with E-state index in [1.807, 2.05) is 6.07 Å². The van der Waals surface area contributed by atoms with Gasteiger partial charge in [0.2, 0.25) is 0 Å². The molecule has 3 fully saturated rings. The second-order valence-electron chi connectivity index (χ2n) is 11.6. The van der Waals surface area contributed by atoms with Crippen molar-refractivity contribution in [3.05, 3.63) is 66.0 Å². The monoisotopic (exact) mass is 500 g/mol. The Bertz CT molecular complexity index is 1150. The second kappa shape index (κ2) is 11.0. The third-order valence-corrected chi connectivity index (χ3v) is 9.31. The van der Waals surface area contributed by atoms with Gasteiger partial charge in [-0.1, -0.05) is 61.7 Å². The van der Waals surface area contributed by atoms with Crippen molar-refractivity contribution < 1.29 is 9.90 Å². The summed E-state index contributed by atoms with van der Waals surface area (Å²) in [5.41, 5.74) is 3.55. The van der Waals surface area contributed by atoms with Gasteiger partial charge in [-0.15, -0.1) is 0 Å². The largest absolute Gasteiger partial charge is 0.480 e. The molecule has 2 aromatic carbocycles. The molecule has 3 heterocycles. The van der Waals surface area contributed by atoms with Gasteiger partial charge in [-0.2, -0.15) is 0 Å². The molecule has 0 radical (unpaired) electrons. The summed E-state index contributed by atoms with van der Waals surface area (Å²) in [7, 11) is 0. The van der Waals surface area contributed by atoms with Crippen molar-refractivity contribution in [2.75, 3.05) is 32.7 Å². The van der Waals surface area contributed by atoms with Crippen LogP contribution in [-0.4, -0.2) is 69.6 Å². The van der Waals surface area contributed by atoms with E-state index in [9.17, 15) is 9.90 Å². The molecular weight excluding hydrogens is 460 g/mol. The smallest absolute Gasteiger partial charge is 0.321 e. The highest BCUT2D eigenvalue weighted by Crippen LogP contribution is 2.39. The van der Waals surface area contributed by atoms with Crippen molar-refractivity contribution in [3.8, 4) is 0 Å². The van der Waals surface area contributed by atoms with Crippen molar-refractivity contribution in [1.29, 1.82) is 0 Å². The maximum Gasteiger partial charge on any atom is 0.321 e. The molecule has 3 aliphatic rings. The van der Waals surface area contributed by atoms with Gasteiger partial charge in [0, 0.05) is 31.5 Å². The number of likely N-dealkylation sites (tertiary alicyclic amines) is 2. The number of rotatable bonds is 7. The third kappa shape index (κ3) is 5.32. The molecule has 2 N–H and O–H groups in total. The summed E-state index contributed by atoms with van der Waals surface area (Å²) >= 11 is 0. The van der Waals surface area contributed by atoms with E-state index in [-0.39, 0.29) is 6.04 Å². The van der Waals surface area contributed by atoms with Gasteiger partial charge in [0.1, 0.15) is 11.9 Å². The number of aliphatic carboxylic acids is 1. The number of carbonyl (C=O) groups is 1. The molecule has 6 heteroatoms. The number of nitrogens with zero attached hydrogens (tertiary/aromatic N) is 3. The fraction of sp³-hybridized carbons (Fsp3) is 0.548. The summed E-state index contributed by atoms with van der Waals surface area (Å²) in [6.45, 7) is 4.93. The number of carboxylic acids is 1. The number of benzene rings is 2. The molecule has 0 bridgehead atoms. The topological polar surface area (TPSA) is 72.5 Å². The predicted octanol–water partition coefficient (Wildman–Crippen LogP) is 5.49. The van der Waals surface area contributed by atoms with E-state index >= 15 is 0 Å². The fourth-order valence-electron chi connectivity index (χ4n) is 7.39. The SMILES string of the molecule is O=C(O)[C@@H](C1CCCCC1)N1C[C@H](CN2CCC(c3nc4ccccc4[nH]3)CC2)[C@@H](c2ccccc2)C1. The number of aromatic nitrogens is 2. The quantitative estimate of drug-likeness (QED) is 0.449. The maximum atomic E-state index is 12.5. The van der Waals surface area contributed by atoms with Crippen LogP contribution in [0.1, 0.15) is 68.2 Å². The molecule has 0 amide bonds. The van der Waals surface area contributed by atoms with Crippen LogP contribution in [0.2, 0.25) is 0 Å². The Kier molecular flexibility index (Phi) is 7.30. The van der Waals surface area contributed by atoms with Crippen LogP contribution in [0.25, 0.3) is 11.0 Å². The third-order valence-electron chi connectivity index (χ3n) is 9.31. The van der Waals surface area contributed by atoms with Crippen molar-refractivity contribution in [3.63, 3.8) is 0 Å². The molecule has 0 spiro atoms. The minimum absolute atomic E-state index is 0.293. The first-order valence-electron chi connectivity index (χ1n) is 14.3. The first-order chi connectivity index (χ1) is 18.2. The van der Waals surface area contributed by atoms with Crippen molar-refractivity contribution in [1.82, 2.24) is 19.8 Å². The average molecular weight is 501 g/mol. The van der Waals surface area contributed by atoms with Gasteiger partial charge in [-0.3, -0.25) is 9.69 Å². The van der Waals surface area contributed by atoms with Gasteiger partial charge in [-0.25, -0.2) is 4.98 Å². The lowest BCUT2D eigenvalue weighted by Crippen LogP contribution is -2.46. The zero-order valence-electron chi connectivity index (χ0n) is 21.8. The molecule has 3 aromatic rings. The molecular formula is C31H40N4O2. The Morgan fingerprint density at radius 2 is 1.68 bits per heavy atom. The molecule has 6 nitrogen and oxygen atoms in total. The molecule has 1 aromatic heterocycles. The number of fused-ring (bicyclic) bond motifs is 1. The molecule has 37 heavy (non-hydrogen) atoms. The van der Waals surface area contributed by atoms with Gasteiger partial charge >= 0.3 is 5.97 Å². The lowest BCUT2D eigenvalue weighted by molar-refractivity contribution is -0.145. The minimum Gasteiger partial charge on any atom is -0.480 e. The summed E-state index contributed by atoms with van der Waals surface area (Å²) in [6, 6.07) is 18.8. The van der Waals surface area contributed by atoms with Gasteiger partial charge < -0.3 is 15.0 Å². The van der Waals surface area contributed by atoms with Gasteiger partial charge in [-0.05, 0) is 68.3 Å². The number of hydrogen-bond acceptors (Lipinski definition) is 4. The van der Waals surface area contributed by atoms with Crippen LogP contribution in [0, 0.1) is 11.8 Å². The van der Waals surface area contributed by atoms with Gasteiger partial charge in [0.05, 0.1) is 11.0 Å². The highest BCUT2D eigenvalue weighted by molar-refractivity contribution is 5.75. The van der Waals surface area contributed by atoms with E-state index in [1.54, 1.807) is 0 Å². The number of carboxylic acid groups (broad SMARTS) is 1. The molecule has 6 rings (SSSR count). The van der Waals surface area contributed by atoms with Crippen LogP contribution in [-0.2, 0) is 4.79 Å². The predicted molar refractivity (Wildman–Crippen MR) is 147 cm³/mol. The van der Waals surface area contributed by atoms with E-state index in [1.165, 1.54) is 24.8 Å². The van der Waals surface area contributed by atoms with E-state index in [2.05, 4.69) is 63.3 Å². The molecule has 1 aliphatic carbocycles. The lowest BCUT2D eigenvalue weighted by Gasteiger charge is -2.35. The molecule has 2 saturated heterocycles. The Morgan fingerprint density at radius 1 is 0.946 bits per heavy atom. The summed E-state index contributed by atoms with van der Waals surface area (Å²) < 4.78 is 0. The highest BCUT2D eigenvalue weighted by Gasteiger charge is 2.43. The number of nitrogens with one attached hydrogen (secondary N) is 1. The van der Waals surface area contributed by atoms with E-state index < -0.39 is 5.97 Å². The van der Waals surface area contributed by atoms with Gasteiger partial charge in [0.15, 0.2) is 0 Å². The van der Waals surface area contributed by atoms with Crippen LogP contribution < -0.4 is 0 Å². The summed E-state index contributed by atoms with van der Waals surface area (Å²) in [5.74, 6) is 2.13.